The number of carbonyl (C=O) groups excluding carboxylic acids is 1. The number of fused-ring (bicyclic) bond motifs is 1. The number of halogens is 2. The fraction of sp³-hybridized carbons (Fsp3) is 0.150. The number of hydrogen-bond donors (Lipinski definition) is 2. The van der Waals surface area contributed by atoms with Crippen LogP contribution in [0.4, 0.5) is 26.1 Å². The monoisotopic (exact) mass is 366 g/mol. The summed E-state index contributed by atoms with van der Waals surface area (Å²) in [6.07, 6.45) is 2.38. The Morgan fingerprint density at radius 2 is 1.89 bits per heavy atom. The highest BCUT2D eigenvalue weighted by Crippen LogP contribution is 2.27. The maximum Gasteiger partial charge on any atom is 0.228 e. The standard InChI is InChI=1S/C20H16F2N4O/c21-14-4-1-12(2-5-14)3-7-18-16(22)11-23-20(26-18)24-15-6-8-17-13(9-15)10-19(27)25-17/h1-2,4-6,8-9,11H,3,7,10H2,(H,25,27)(H,23,24,26). The number of nitrogens with one attached hydrogen (secondary N) is 2. The summed E-state index contributed by atoms with van der Waals surface area (Å²) in [4.78, 5) is 19.7. The van der Waals surface area contributed by atoms with Crippen molar-refractivity contribution in [2.45, 2.75) is 19.3 Å². The highest BCUT2D eigenvalue weighted by Gasteiger charge is 2.17. The molecule has 7 heteroatoms. The van der Waals surface area contributed by atoms with E-state index in [0.717, 1.165) is 28.7 Å². The molecule has 0 radical (unpaired) electrons. The van der Waals surface area contributed by atoms with Gasteiger partial charge in [-0.3, -0.25) is 4.79 Å². The van der Waals surface area contributed by atoms with Gasteiger partial charge in [-0.15, -0.1) is 0 Å². The Bertz CT molecular complexity index is 1010. The summed E-state index contributed by atoms with van der Waals surface area (Å²) in [6, 6.07) is 11.6. The Morgan fingerprint density at radius 1 is 1.07 bits per heavy atom. The molecule has 0 spiro atoms. The Labute approximate surface area is 154 Å². The first kappa shape index (κ1) is 17.1. The lowest BCUT2D eigenvalue weighted by Gasteiger charge is -2.09. The van der Waals surface area contributed by atoms with E-state index in [1.807, 2.05) is 12.1 Å². The molecule has 0 saturated heterocycles. The lowest BCUT2D eigenvalue weighted by molar-refractivity contribution is -0.115. The van der Waals surface area contributed by atoms with Gasteiger partial charge in [0.2, 0.25) is 11.9 Å². The van der Waals surface area contributed by atoms with Crippen molar-refractivity contribution in [3.8, 4) is 0 Å². The van der Waals surface area contributed by atoms with Crippen molar-refractivity contribution in [1.29, 1.82) is 0 Å². The first-order chi connectivity index (χ1) is 13.1. The predicted octanol–water partition coefficient (Wildman–Crippen LogP) is 3.78. The lowest BCUT2D eigenvalue weighted by atomic mass is 10.1. The average Bonchev–Trinajstić information content (AvgIpc) is 3.03. The second-order valence-corrected chi connectivity index (χ2v) is 6.34. The number of aryl methyl sites for hydroxylation is 2. The quantitative estimate of drug-likeness (QED) is 0.721. The largest absolute Gasteiger partial charge is 0.326 e. The van der Waals surface area contributed by atoms with Gasteiger partial charge < -0.3 is 10.6 Å². The number of rotatable bonds is 5. The number of nitrogens with zero attached hydrogens (tertiary/aromatic N) is 2. The maximum absolute atomic E-state index is 14.0. The van der Waals surface area contributed by atoms with E-state index < -0.39 is 5.82 Å². The van der Waals surface area contributed by atoms with E-state index in [1.54, 1.807) is 18.2 Å². The number of hydrogen-bond acceptors (Lipinski definition) is 4. The van der Waals surface area contributed by atoms with Crippen molar-refractivity contribution in [3.05, 3.63) is 77.1 Å². The molecule has 0 fully saturated rings. The van der Waals surface area contributed by atoms with E-state index in [2.05, 4.69) is 20.6 Å². The molecule has 0 bridgehead atoms. The third-order valence-electron chi connectivity index (χ3n) is 4.37. The van der Waals surface area contributed by atoms with Crippen LogP contribution in [0.3, 0.4) is 0 Å². The third-order valence-corrected chi connectivity index (χ3v) is 4.37. The fourth-order valence-electron chi connectivity index (χ4n) is 2.99. The zero-order valence-corrected chi connectivity index (χ0v) is 14.3. The SMILES string of the molecule is O=C1Cc2cc(Nc3ncc(F)c(CCc4ccc(F)cc4)n3)ccc2N1. The van der Waals surface area contributed by atoms with Gasteiger partial charge >= 0.3 is 0 Å². The Kier molecular flexibility index (Phi) is 4.50. The second kappa shape index (κ2) is 7.11. The van der Waals surface area contributed by atoms with Crippen LogP contribution in [-0.2, 0) is 24.1 Å². The van der Waals surface area contributed by atoms with Crippen LogP contribution in [0, 0.1) is 11.6 Å². The van der Waals surface area contributed by atoms with Crippen LogP contribution in [0.2, 0.25) is 0 Å². The molecule has 0 aliphatic carbocycles. The van der Waals surface area contributed by atoms with Crippen molar-refractivity contribution in [1.82, 2.24) is 9.97 Å². The number of aromatic nitrogens is 2. The number of benzene rings is 2. The highest BCUT2D eigenvalue weighted by atomic mass is 19.1. The van der Waals surface area contributed by atoms with E-state index >= 15 is 0 Å². The van der Waals surface area contributed by atoms with E-state index in [4.69, 9.17) is 0 Å². The molecule has 0 atom stereocenters. The second-order valence-electron chi connectivity index (χ2n) is 6.34. The number of anilines is 3. The molecule has 136 valence electrons. The van der Waals surface area contributed by atoms with Crippen LogP contribution in [0.1, 0.15) is 16.8 Å². The minimum Gasteiger partial charge on any atom is -0.326 e. The first-order valence-electron chi connectivity index (χ1n) is 8.52. The molecule has 1 amide bonds. The average molecular weight is 366 g/mol. The Balaban J connectivity index is 1.48. The highest BCUT2D eigenvalue weighted by molar-refractivity contribution is 5.99. The summed E-state index contributed by atoms with van der Waals surface area (Å²) >= 11 is 0. The van der Waals surface area contributed by atoms with Gasteiger partial charge in [0.05, 0.1) is 18.3 Å². The van der Waals surface area contributed by atoms with Crippen molar-refractivity contribution in [2.75, 3.05) is 10.6 Å². The first-order valence-corrected chi connectivity index (χ1v) is 8.52. The molecule has 3 aromatic rings. The molecule has 1 aromatic heterocycles. The molecule has 2 N–H and O–H groups in total. The lowest BCUT2D eigenvalue weighted by Crippen LogP contribution is -2.04. The van der Waals surface area contributed by atoms with Gasteiger partial charge in [0.1, 0.15) is 5.82 Å². The Hall–Kier alpha value is -3.35. The molecule has 0 unspecified atom stereocenters. The summed E-state index contributed by atoms with van der Waals surface area (Å²) in [5.74, 6) is -0.540. The molecule has 4 rings (SSSR count). The Morgan fingerprint density at radius 3 is 2.70 bits per heavy atom. The van der Waals surface area contributed by atoms with Gasteiger partial charge in [0.15, 0.2) is 5.82 Å². The molecular formula is C20H16F2N4O. The molecule has 2 heterocycles. The zero-order chi connectivity index (χ0) is 18.8. The normalized spacial score (nSPS) is 12.6. The van der Waals surface area contributed by atoms with Crippen molar-refractivity contribution < 1.29 is 13.6 Å². The third kappa shape index (κ3) is 3.92. The van der Waals surface area contributed by atoms with Crippen molar-refractivity contribution >= 4 is 23.2 Å². The van der Waals surface area contributed by atoms with Gasteiger partial charge in [-0.2, -0.15) is 0 Å². The van der Waals surface area contributed by atoms with Gasteiger partial charge in [-0.25, -0.2) is 18.7 Å². The van der Waals surface area contributed by atoms with E-state index in [-0.39, 0.29) is 23.4 Å². The van der Waals surface area contributed by atoms with Crippen LogP contribution in [0.15, 0.2) is 48.7 Å². The van der Waals surface area contributed by atoms with Crippen LogP contribution < -0.4 is 10.6 Å². The van der Waals surface area contributed by atoms with E-state index in [9.17, 15) is 13.6 Å². The van der Waals surface area contributed by atoms with Crippen LogP contribution in [0.5, 0.6) is 0 Å². The minimum atomic E-state index is -0.480. The smallest absolute Gasteiger partial charge is 0.228 e. The van der Waals surface area contributed by atoms with Crippen molar-refractivity contribution in [3.63, 3.8) is 0 Å². The summed E-state index contributed by atoms with van der Waals surface area (Å²) in [5.41, 5.74) is 3.60. The number of carbonyl (C=O) groups is 1. The van der Waals surface area contributed by atoms with Crippen molar-refractivity contribution in [2.24, 2.45) is 0 Å². The molecule has 1 aliphatic heterocycles. The van der Waals surface area contributed by atoms with Crippen LogP contribution >= 0.6 is 0 Å². The maximum atomic E-state index is 14.0. The van der Waals surface area contributed by atoms with Crippen LogP contribution in [0.25, 0.3) is 0 Å². The summed E-state index contributed by atoms with van der Waals surface area (Å²) < 4.78 is 27.0. The summed E-state index contributed by atoms with van der Waals surface area (Å²) in [6.45, 7) is 0. The molecule has 27 heavy (non-hydrogen) atoms. The minimum absolute atomic E-state index is 0.0386. The van der Waals surface area contributed by atoms with Gasteiger partial charge in [0, 0.05) is 11.4 Å². The van der Waals surface area contributed by atoms with E-state index in [0.29, 0.717) is 19.3 Å². The molecule has 5 nitrogen and oxygen atoms in total. The van der Waals surface area contributed by atoms with Crippen LogP contribution in [-0.4, -0.2) is 15.9 Å². The van der Waals surface area contributed by atoms with Gasteiger partial charge in [0.25, 0.3) is 0 Å². The van der Waals surface area contributed by atoms with E-state index in [1.165, 1.54) is 12.1 Å². The molecule has 1 aliphatic rings. The predicted molar refractivity (Wildman–Crippen MR) is 97.9 cm³/mol. The number of amides is 1. The zero-order valence-electron chi connectivity index (χ0n) is 14.3. The molecule has 2 aromatic carbocycles. The van der Waals surface area contributed by atoms with Gasteiger partial charge in [-0.05, 0) is 54.3 Å². The molecular weight excluding hydrogens is 350 g/mol. The summed E-state index contributed by atoms with van der Waals surface area (Å²) in [7, 11) is 0. The van der Waals surface area contributed by atoms with Gasteiger partial charge in [-0.1, -0.05) is 12.1 Å². The fourth-order valence-corrected chi connectivity index (χ4v) is 2.99. The summed E-state index contributed by atoms with van der Waals surface area (Å²) in [5, 5.41) is 5.81. The topological polar surface area (TPSA) is 66.9 Å². The molecule has 0 saturated carbocycles.